The lowest BCUT2D eigenvalue weighted by molar-refractivity contribution is 0.722. The minimum absolute atomic E-state index is 0.117. The average molecular weight is 370 g/mol. The van der Waals surface area contributed by atoms with E-state index in [0.717, 1.165) is 24.6 Å². The van der Waals surface area contributed by atoms with Gasteiger partial charge in [0.1, 0.15) is 5.82 Å². The van der Waals surface area contributed by atoms with E-state index in [1.54, 1.807) is 0 Å². The van der Waals surface area contributed by atoms with E-state index in [1.165, 1.54) is 31.2 Å². The summed E-state index contributed by atoms with van der Waals surface area (Å²) in [6, 6.07) is 12.4. The number of hydrogen-bond acceptors (Lipinski definition) is 4. The molecular formula is C20H27N5S. The van der Waals surface area contributed by atoms with Crippen LogP contribution in [0.1, 0.15) is 49.9 Å². The summed E-state index contributed by atoms with van der Waals surface area (Å²) in [7, 11) is 0. The SMILES string of the molecule is Cc1cc(N2CCCCCC2)nc(NC(=S)N[C@@H](C)c2ccccc2)n1. The fraction of sp³-hybridized carbons (Fsp3) is 0.450. The summed E-state index contributed by atoms with van der Waals surface area (Å²) >= 11 is 5.46. The number of rotatable bonds is 4. The van der Waals surface area contributed by atoms with Crippen LogP contribution in [0.25, 0.3) is 0 Å². The van der Waals surface area contributed by atoms with Crippen LogP contribution in [0.5, 0.6) is 0 Å². The summed E-state index contributed by atoms with van der Waals surface area (Å²) in [5.41, 5.74) is 2.13. The zero-order valence-corrected chi connectivity index (χ0v) is 16.4. The molecule has 0 bridgehead atoms. The molecule has 0 saturated carbocycles. The Hall–Kier alpha value is -2.21. The number of aromatic nitrogens is 2. The maximum atomic E-state index is 5.46. The first-order valence-corrected chi connectivity index (χ1v) is 9.76. The molecule has 5 nitrogen and oxygen atoms in total. The van der Waals surface area contributed by atoms with Gasteiger partial charge in [0.25, 0.3) is 0 Å². The molecule has 26 heavy (non-hydrogen) atoms. The van der Waals surface area contributed by atoms with Gasteiger partial charge in [-0.3, -0.25) is 0 Å². The van der Waals surface area contributed by atoms with Gasteiger partial charge in [0, 0.05) is 24.8 Å². The van der Waals surface area contributed by atoms with Crippen LogP contribution in [-0.2, 0) is 0 Å². The summed E-state index contributed by atoms with van der Waals surface area (Å²) in [4.78, 5) is 11.5. The first kappa shape index (κ1) is 18.6. The quantitative estimate of drug-likeness (QED) is 0.787. The zero-order chi connectivity index (χ0) is 18.4. The van der Waals surface area contributed by atoms with E-state index in [-0.39, 0.29) is 6.04 Å². The lowest BCUT2D eigenvalue weighted by Crippen LogP contribution is -2.32. The van der Waals surface area contributed by atoms with Gasteiger partial charge in [-0.25, -0.2) is 4.98 Å². The van der Waals surface area contributed by atoms with E-state index in [2.05, 4.69) is 45.6 Å². The highest BCUT2D eigenvalue weighted by Gasteiger charge is 2.14. The molecule has 2 aromatic rings. The summed E-state index contributed by atoms with van der Waals surface area (Å²) in [5.74, 6) is 1.54. The Balaban J connectivity index is 1.66. The van der Waals surface area contributed by atoms with Gasteiger partial charge < -0.3 is 15.5 Å². The molecule has 1 atom stereocenters. The molecule has 1 aromatic heterocycles. The van der Waals surface area contributed by atoms with E-state index in [1.807, 2.05) is 25.1 Å². The molecule has 0 radical (unpaired) electrons. The largest absolute Gasteiger partial charge is 0.356 e. The van der Waals surface area contributed by atoms with Crippen molar-refractivity contribution in [3.63, 3.8) is 0 Å². The van der Waals surface area contributed by atoms with Crippen LogP contribution in [0.3, 0.4) is 0 Å². The van der Waals surface area contributed by atoms with Crippen molar-refractivity contribution >= 4 is 29.1 Å². The topological polar surface area (TPSA) is 53.1 Å². The van der Waals surface area contributed by atoms with Gasteiger partial charge in [0.15, 0.2) is 5.11 Å². The van der Waals surface area contributed by atoms with Crippen LogP contribution in [0.4, 0.5) is 11.8 Å². The Morgan fingerprint density at radius 3 is 2.46 bits per heavy atom. The molecule has 0 spiro atoms. The smallest absolute Gasteiger partial charge is 0.231 e. The van der Waals surface area contributed by atoms with Crippen LogP contribution < -0.4 is 15.5 Å². The molecule has 0 unspecified atom stereocenters. The maximum absolute atomic E-state index is 5.46. The van der Waals surface area contributed by atoms with E-state index in [9.17, 15) is 0 Å². The first-order valence-electron chi connectivity index (χ1n) is 9.35. The Bertz CT molecular complexity index is 726. The van der Waals surface area contributed by atoms with Crippen LogP contribution in [0.15, 0.2) is 36.4 Å². The number of nitrogens with zero attached hydrogens (tertiary/aromatic N) is 3. The summed E-state index contributed by atoms with van der Waals surface area (Å²) in [5, 5.41) is 6.99. The molecule has 3 rings (SSSR count). The molecule has 1 fully saturated rings. The van der Waals surface area contributed by atoms with Crippen molar-refractivity contribution in [2.45, 2.75) is 45.6 Å². The zero-order valence-electron chi connectivity index (χ0n) is 15.5. The van der Waals surface area contributed by atoms with Crippen molar-refractivity contribution < 1.29 is 0 Å². The minimum atomic E-state index is 0.117. The predicted molar refractivity (Wildman–Crippen MR) is 112 cm³/mol. The second kappa shape index (κ2) is 8.94. The van der Waals surface area contributed by atoms with Gasteiger partial charge in [0.2, 0.25) is 5.95 Å². The Kier molecular flexibility index (Phi) is 6.39. The summed E-state index contributed by atoms with van der Waals surface area (Å²) in [6.07, 6.45) is 5.05. The lowest BCUT2D eigenvalue weighted by atomic mass is 10.1. The third kappa shape index (κ3) is 5.14. The van der Waals surface area contributed by atoms with E-state index in [4.69, 9.17) is 17.2 Å². The molecule has 138 valence electrons. The second-order valence-electron chi connectivity index (χ2n) is 6.82. The Labute approximate surface area is 161 Å². The van der Waals surface area contributed by atoms with Gasteiger partial charge in [-0.1, -0.05) is 43.2 Å². The molecule has 0 aliphatic carbocycles. The second-order valence-corrected chi connectivity index (χ2v) is 7.23. The number of nitrogens with one attached hydrogen (secondary N) is 2. The predicted octanol–water partition coefficient (Wildman–Crippen LogP) is 4.21. The fourth-order valence-corrected chi connectivity index (χ4v) is 3.50. The molecule has 0 amide bonds. The van der Waals surface area contributed by atoms with E-state index < -0.39 is 0 Å². The molecule has 2 N–H and O–H groups in total. The van der Waals surface area contributed by atoms with Crippen molar-refractivity contribution in [2.75, 3.05) is 23.3 Å². The number of thiocarbonyl (C=S) groups is 1. The number of benzene rings is 1. The van der Waals surface area contributed by atoms with Crippen LogP contribution in [0.2, 0.25) is 0 Å². The Morgan fingerprint density at radius 1 is 1.08 bits per heavy atom. The standard InChI is InChI=1S/C20H27N5S/c1-15-14-18(25-12-8-3-4-9-13-25)23-19(21-15)24-20(26)22-16(2)17-10-6-5-7-11-17/h5-7,10-11,14,16H,3-4,8-9,12-13H2,1-2H3,(H2,21,22,23,24,26)/t16-/m0/s1. The van der Waals surface area contributed by atoms with Crippen LogP contribution >= 0.6 is 12.2 Å². The van der Waals surface area contributed by atoms with Crippen molar-refractivity contribution in [2.24, 2.45) is 0 Å². The van der Waals surface area contributed by atoms with E-state index in [0.29, 0.717) is 11.1 Å². The molecular weight excluding hydrogens is 342 g/mol. The first-order chi connectivity index (χ1) is 12.6. The van der Waals surface area contributed by atoms with Crippen LogP contribution in [0, 0.1) is 6.92 Å². The van der Waals surface area contributed by atoms with Crippen molar-refractivity contribution in [1.82, 2.24) is 15.3 Å². The summed E-state index contributed by atoms with van der Waals surface area (Å²) in [6.45, 7) is 6.20. The molecule has 2 heterocycles. The van der Waals surface area contributed by atoms with Gasteiger partial charge in [-0.2, -0.15) is 4.98 Å². The average Bonchev–Trinajstić information content (AvgIpc) is 2.91. The van der Waals surface area contributed by atoms with Crippen molar-refractivity contribution in [3.8, 4) is 0 Å². The highest BCUT2D eigenvalue weighted by molar-refractivity contribution is 7.80. The summed E-state index contributed by atoms with van der Waals surface area (Å²) < 4.78 is 0. The third-order valence-electron chi connectivity index (χ3n) is 4.64. The van der Waals surface area contributed by atoms with Crippen LogP contribution in [-0.4, -0.2) is 28.2 Å². The van der Waals surface area contributed by atoms with Crippen molar-refractivity contribution in [3.05, 3.63) is 47.7 Å². The van der Waals surface area contributed by atoms with Gasteiger partial charge >= 0.3 is 0 Å². The van der Waals surface area contributed by atoms with Gasteiger partial charge in [0.05, 0.1) is 6.04 Å². The van der Waals surface area contributed by atoms with E-state index >= 15 is 0 Å². The molecule has 1 aliphatic heterocycles. The molecule has 1 aliphatic rings. The van der Waals surface area contributed by atoms with Crippen molar-refractivity contribution in [1.29, 1.82) is 0 Å². The molecule has 6 heteroatoms. The third-order valence-corrected chi connectivity index (χ3v) is 4.86. The number of hydrogen-bond donors (Lipinski definition) is 2. The number of aryl methyl sites for hydroxylation is 1. The fourth-order valence-electron chi connectivity index (χ4n) is 3.23. The minimum Gasteiger partial charge on any atom is -0.356 e. The lowest BCUT2D eigenvalue weighted by Gasteiger charge is -2.22. The van der Waals surface area contributed by atoms with Gasteiger partial charge in [-0.15, -0.1) is 0 Å². The van der Waals surface area contributed by atoms with Gasteiger partial charge in [-0.05, 0) is 44.5 Å². The monoisotopic (exact) mass is 369 g/mol. The molecule has 1 saturated heterocycles. The Morgan fingerprint density at radius 2 is 1.77 bits per heavy atom. The number of anilines is 2. The molecule has 1 aromatic carbocycles. The highest BCUT2D eigenvalue weighted by Crippen LogP contribution is 2.19. The highest BCUT2D eigenvalue weighted by atomic mass is 32.1. The normalized spacial score (nSPS) is 15.8. The maximum Gasteiger partial charge on any atom is 0.231 e.